The highest BCUT2D eigenvalue weighted by Gasteiger charge is 2.28. The van der Waals surface area contributed by atoms with Gasteiger partial charge in [-0.05, 0) is 20.8 Å². The zero-order valence-electron chi connectivity index (χ0n) is 6.91. The number of halogens is 2. The second-order valence-electron chi connectivity index (χ2n) is 3.54. The Hall–Kier alpha value is -0.0800. The van der Waals surface area contributed by atoms with Gasteiger partial charge in [-0.25, -0.2) is 0 Å². The minimum atomic E-state index is 0.0285. The second-order valence-corrected chi connectivity index (χ2v) is 4.27. The minimum absolute atomic E-state index is 0.0285. The van der Waals surface area contributed by atoms with E-state index in [4.69, 9.17) is 23.2 Å². The highest BCUT2D eigenvalue weighted by Crippen LogP contribution is 2.28. The molecule has 0 spiro atoms. The molecule has 1 rings (SSSR count). The smallest absolute Gasteiger partial charge is 0.142 e. The van der Waals surface area contributed by atoms with Crippen molar-refractivity contribution in [2.75, 3.05) is 6.67 Å². The summed E-state index contributed by atoms with van der Waals surface area (Å²) in [6.45, 7) is 6.97. The molecule has 0 fully saturated rings. The average molecular weight is 195 g/mol. The quantitative estimate of drug-likeness (QED) is 0.596. The first-order chi connectivity index (χ1) is 4.93. The van der Waals surface area contributed by atoms with E-state index in [0.29, 0.717) is 17.0 Å². The number of hydrogen-bond donors (Lipinski definition) is 1. The Labute approximate surface area is 77.1 Å². The molecule has 0 aromatic rings. The molecule has 0 aromatic heterocycles. The number of nitrogens with one attached hydrogen (secondary N) is 1. The van der Waals surface area contributed by atoms with Crippen LogP contribution in [0.25, 0.3) is 0 Å². The van der Waals surface area contributed by atoms with Gasteiger partial charge in [-0.15, -0.1) is 0 Å². The summed E-state index contributed by atoms with van der Waals surface area (Å²) in [7, 11) is 0. The van der Waals surface area contributed by atoms with Gasteiger partial charge in [0, 0.05) is 5.54 Å². The summed E-state index contributed by atoms with van der Waals surface area (Å²) in [4.78, 5) is 2.01. The molecule has 0 amide bonds. The molecule has 1 aliphatic rings. The third kappa shape index (κ3) is 1.74. The van der Waals surface area contributed by atoms with Crippen LogP contribution in [0.5, 0.6) is 0 Å². The lowest BCUT2D eigenvalue weighted by atomic mass is 10.1. The van der Waals surface area contributed by atoms with Crippen molar-refractivity contribution in [2.24, 2.45) is 0 Å². The first-order valence-electron chi connectivity index (χ1n) is 3.49. The monoisotopic (exact) mass is 194 g/mol. The fourth-order valence-electron chi connectivity index (χ4n) is 0.941. The summed E-state index contributed by atoms with van der Waals surface area (Å²) >= 11 is 11.7. The minimum Gasteiger partial charge on any atom is -0.356 e. The molecule has 1 heterocycles. The van der Waals surface area contributed by atoms with Gasteiger partial charge in [0.25, 0.3) is 0 Å². The summed E-state index contributed by atoms with van der Waals surface area (Å²) in [6, 6.07) is 0. The molecule has 0 atom stereocenters. The first-order valence-corrected chi connectivity index (χ1v) is 4.25. The molecule has 4 heteroatoms. The van der Waals surface area contributed by atoms with Crippen molar-refractivity contribution in [1.29, 1.82) is 0 Å². The van der Waals surface area contributed by atoms with Crippen LogP contribution in [0, 0.1) is 0 Å². The molecule has 0 saturated heterocycles. The normalized spacial score (nSPS) is 19.2. The standard InChI is InChI=1S/C7H12Cl2N2/c1-7(2,3)11-4-10-5(8)6(11)9/h10H,4H2,1-3H3. The first kappa shape index (κ1) is 9.01. The number of hydrogen-bond acceptors (Lipinski definition) is 2. The summed E-state index contributed by atoms with van der Waals surface area (Å²) in [6.07, 6.45) is 0. The van der Waals surface area contributed by atoms with Crippen LogP contribution in [0.3, 0.4) is 0 Å². The van der Waals surface area contributed by atoms with E-state index < -0.39 is 0 Å². The van der Waals surface area contributed by atoms with Gasteiger partial charge in [0.2, 0.25) is 0 Å². The Bertz CT molecular complexity index is 193. The van der Waals surface area contributed by atoms with E-state index in [1.54, 1.807) is 0 Å². The summed E-state index contributed by atoms with van der Waals surface area (Å²) in [5, 5.41) is 4.12. The highest BCUT2D eigenvalue weighted by molar-refractivity contribution is 6.39. The predicted molar refractivity (Wildman–Crippen MR) is 48.3 cm³/mol. The fraction of sp³-hybridized carbons (Fsp3) is 0.714. The topological polar surface area (TPSA) is 15.3 Å². The van der Waals surface area contributed by atoms with Gasteiger partial charge in [0.1, 0.15) is 10.3 Å². The number of nitrogens with zero attached hydrogens (tertiary/aromatic N) is 1. The molecule has 0 aromatic carbocycles. The molecule has 1 aliphatic heterocycles. The third-order valence-corrected chi connectivity index (χ3v) is 2.42. The summed E-state index contributed by atoms with van der Waals surface area (Å²) in [5.41, 5.74) is 0.0285. The molecule has 0 saturated carbocycles. The van der Waals surface area contributed by atoms with E-state index in [-0.39, 0.29) is 5.54 Å². The molecule has 0 aliphatic carbocycles. The molecule has 0 unspecified atom stereocenters. The van der Waals surface area contributed by atoms with Crippen LogP contribution in [0.15, 0.2) is 10.3 Å². The van der Waals surface area contributed by atoms with Crippen LogP contribution in [0.4, 0.5) is 0 Å². The zero-order valence-corrected chi connectivity index (χ0v) is 8.42. The van der Waals surface area contributed by atoms with E-state index in [0.717, 1.165) is 0 Å². The van der Waals surface area contributed by atoms with Gasteiger partial charge in [0.15, 0.2) is 0 Å². The van der Waals surface area contributed by atoms with Gasteiger partial charge in [-0.2, -0.15) is 0 Å². The van der Waals surface area contributed by atoms with Crippen molar-refractivity contribution in [3.8, 4) is 0 Å². The van der Waals surface area contributed by atoms with Gasteiger partial charge in [-0.3, -0.25) is 0 Å². The molecule has 2 nitrogen and oxygen atoms in total. The Balaban J connectivity index is 2.79. The third-order valence-electron chi connectivity index (χ3n) is 1.62. The van der Waals surface area contributed by atoms with Crippen molar-refractivity contribution in [2.45, 2.75) is 26.3 Å². The largest absolute Gasteiger partial charge is 0.356 e. The van der Waals surface area contributed by atoms with Crippen LogP contribution >= 0.6 is 23.2 Å². The van der Waals surface area contributed by atoms with Crippen LogP contribution in [-0.2, 0) is 0 Å². The fourth-order valence-corrected chi connectivity index (χ4v) is 1.48. The number of rotatable bonds is 0. The predicted octanol–water partition coefficient (Wildman–Crippen LogP) is 2.25. The second kappa shape index (κ2) is 2.76. The van der Waals surface area contributed by atoms with E-state index in [1.165, 1.54) is 0 Å². The maximum atomic E-state index is 5.92. The van der Waals surface area contributed by atoms with Crippen molar-refractivity contribution in [3.63, 3.8) is 0 Å². The molecule has 0 bridgehead atoms. The van der Waals surface area contributed by atoms with Gasteiger partial charge in [0.05, 0.1) is 6.67 Å². The van der Waals surface area contributed by atoms with E-state index in [9.17, 15) is 0 Å². The van der Waals surface area contributed by atoms with Crippen LogP contribution in [0.2, 0.25) is 0 Å². The van der Waals surface area contributed by atoms with Crippen LogP contribution in [0.1, 0.15) is 20.8 Å². The molecular weight excluding hydrogens is 183 g/mol. The SMILES string of the molecule is CC(C)(C)N1CNC(Cl)=C1Cl. The molecule has 11 heavy (non-hydrogen) atoms. The Kier molecular flexibility index (Phi) is 2.26. The summed E-state index contributed by atoms with van der Waals surface area (Å²) in [5.74, 6) is 0. The van der Waals surface area contributed by atoms with Crippen molar-refractivity contribution in [1.82, 2.24) is 10.2 Å². The highest BCUT2D eigenvalue weighted by atomic mass is 35.5. The van der Waals surface area contributed by atoms with Gasteiger partial charge >= 0.3 is 0 Å². The maximum Gasteiger partial charge on any atom is 0.142 e. The molecular formula is C7H12Cl2N2. The molecule has 1 N–H and O–H groups in total. The van der Waals surface area contributed by atoms with E-state index in [2.05, 4.69) is 26.1 Å². The van der Waals surface area contributed by atoms with Gasteiger partial charge in [-0.1, -0.05) is 23.2 Å². The van der Waals surface area contributed by atoms with E-state index in [1.807, 2.05) is 4.90 Å². The van der Waals surface area contributed by atoms with Crippen molar-refractivity contribution < 1.29 is 0 Å². The van der Waals surface area contributed by atoms with Gasteiger partial charge < -0.3 is 10.2 Å². The molecule has 0 radical (unpaired) electrons. The Morgan fingerprint density at radius 1 is 1.36 bits per heavy atom. The van der Waals surface area contributed by atoms with Crippen LogP contribution in [-0.4, -0.2) is 17.1 Å². The zero-order chi connectivity index (χ0) is 8.65. The molecule has 64 valence electrons. The average Bonchev–Trinajstić information content (AvgIpc) is 2.11. The van der Waals surface area contributed by atoms with E-state index >= 15 is 0 Å². The Morgan fingerprint density at radius 3 is 2.09 bits per heavy atom. The lowest BCUT2D eigenvalue weighted by Gasteiger charge is -2.32. The maximum absolute atomic E-state index is 5.92. The van der Waals surface area contributed by atoms with Crippen molar-refractivity contribution in [3.05, 3.63) is 10.3 Å². The Morgan fingerprint density at radius 2 is 1.91 bits per heavy atom. The lowest BCUT2D eigenvalue weighted by Crippen LogP contribution is -2.39. The van der Waals surface area contributed by atoms with Crippen molar-refractivity contribution >= 4 is 23.2 Å². The lowest BCUT2D eigenvalue weighted by molar-refractivity contribution is 0.208. The van der Waals surface area contributed by atoms with Crippen LogP contribution < -0.4 is 5.32 Å². The summed E-state index contributed by atoms with van der Waals surface area (Å²) < 4.78 is 0.